The van der Waals surface area contributed by atoms with E-state index in [0.717, 1.165) is 12.1 Å². The molecule has 0 aromatic heterocycles. The van der Waals surface area contributed by atoms with E-state index >= 15 is 0 Å². The second kappa shape index (κ2) is 5.70. The summed E-state index contributed by atoms with van der Waals surface area (Å²) in [6.45, 7) is -0.0620. The molecule has 1 aliphatic rings. The van der Waals surface area contributed by atoms with Gasteiger partial charge in [-0.3, -0.25) is 4.72 Å². The van der Waals surface area contributed by atoms with Gasteiger partial charge in [0.1, 0.15) is 10.3 Å². The zero-order valence-electron chi connectivity index (χ0n) is 12.1. The summed E-state index contributed by atoms with van der Waals surface area (Å²) in [5, 5.41) is 27.9. The topological polar surface area (TPSA) is 150 Å². The highest BCUT2D eigenvalue weighted by Gasteiger charge is 2.55. The third-order valence-electron chi connectivity index (χ3n) is 3.62. The van der Waals surface area contributed by atoms with Crippen molar-refractivity contribution >= 4 is 27.6 Å². The molecule has 0 amide bonds. The molecule has 0 aliphatic heterocycles. The first-order valence-corrected chi connectivity index (χ1v) is 7.97. The van der Waals surface area contributed by atoms with Crippen LogP contribution in [0.2, 0.25) is 0 Å². The van der Waals surface area contributed by atoms with E-state index in [9.17, 15) is 23.1 Å². The number of rotatable bonds is 7. The van der Waals surface area contributed by atoms with Crippen molar-refractivity contribution < 1.29 is 38.1 Å². The number of phenols is 1. The lowest BCUT2D eigenvalue weighted by Crippen LogP contribution is -2.33. The van der Waals surface area contributed by atoms with Gasteiger partial charge in [0.25, 0.3) is 0 Å². The van der Waals surface area contributed by atoms with Crippen molar-refractivity contribution in [3.63, 3.8) is 0 Å². The van der Waals surface area contributed by atoms with Gasteiger partial charge in [0.05, 0.1) is 17.9 Å². The van der Waals surface area contributed by atoms with Crippen LogP contribution in [0.25, 0.3) is 0 Å². The fourth-order valence-electron chi connectivity index (χ4n) is 2.14. The minimum absolute atomic E-state index is 0.0620. The second-order valence-electron chi connectivity index (χ2n) is 5.25. The molecule has 2 rings (SSSR count). The zero-order chi connectivity index (χ0) is 17.4. The summed E-state index contributed by atoms with van der Waals surface area (Å²) in [5.41, 5.74) is -1.67. The molecule has 0 heterocycles. The van der Waals surface area contributed by atoms with E-state index in [2.05, 4.69) is 4.72 Å². The van der Waals surface area contributed by atoms with Crippen molar-refractivity contribution in [2.24, 2.45) is 0 Å². The average Bonchev–Trinajstić information content (AvgIpc) is 3.22. The van der Waals surface area contributed by atoms with Gasteiger partial charge in [-0.15, -0.1) is 0 Å². The summed E-state index contributed by atoms with van der Waals surface area (Å²) in [4.78, 5) is 22.1. The molecule has 1 saturated carbocycles. The molecule has 4 N–H and O–H groups in total. The molecular formula is C13H15NO8S. The number of nitrogens with one attached hydrogen (secondary N) is 1. The number of hydrogen-bond acceptors (Lipinski definition) is 6. The van der Waals surface area contributed by atoms with E-state index in [4.69, 9.17) is 14.9 Å². The molecule has 0 radical (unpaired) electrons. The molecule has 1 aromatic carbocycles. The summed E-state index contributed by atoms with van der Waals surface area (Å²) in [6, 6.07) is 1.62. The molecule has 9 nitrogen and oxygen atoms in total. The molecule has 1 aliphatic carbocycles. The number of carbonyl (C=O) groups is 2. The SMILES string of the molecule is COCC1(S(=O)(=O)Nc2cc(C(=O)O)cc(C(=O)O)c2O)CC1. The molecule has 0 spiro atoms. The molecule has 0 unspecified atom stereocenters. The van der Waals surface area contributed by atoms with Crippen LogP contribution in [0.15, 0.2) is 12.1 Å². The fraction of sp³-hybridized carbons (Fsp3) is 0.385. The smallest absolute Gasteiger partial charge is 0.339 e. The molecule has 126 valence electrons. The van der Waals surface area contributed by atoms with E-state index < -0.39 is 49.3 Å². The standard InChI is InChI=1S/C13H15NO8S/c1-22-6-13(2-3-13)23(20,21)14-9-5-7(11(16)17)4-8(10(9)15)12(18)19/h4-5,14-15H,2-3,6H2,1H3,(H,16,17)(H,18,19). The van der Waals surface area contributed by atoms with Crippen molar-refractivity contribution in [2.45, 2.75) is 17.6 Å². The van der Waals surface area contributed by atoms with Crippen molar-refractivity contribution in [3.05, 3.63) is 23.3 Å². The van der Waals surface area contributed by atoms with Gasteiger partial charge in [0.15, 0.2) is 5.75 Å². The van der Waals surface area contributed by atoms with Gasteiger partial charge < -0.3 is 20.1 Å². The predicted octanol–water partition coefficient (Wildman–Crippen LogP) is 0.709. The Bertz CT molecular complexity index is 766. The number of anilines is 1. The number of benzene rings is 1. The largest absolute Gasteiger partial charge is 0.505 e. The summed E-state index contributed by atoms with van der Waals surface area (Å²) < 4.78 is 30.6. The van der Waals surface area contributed by atoms with Crippen molar-refractivity contribution in [1.29, 1.82) is 0 Å². The van der Waals surface area contributed by atoms with E-state index in [1.54, 1.807) is 0 Å². The summed E-state index contributed by atoms with van der Waals surface area (Å²) in [5.74, 6) is -3.88. The van der Waals surface area contributed by atoms with E-state index in [1.165, 1.54) is 7.11 Å². The van der Waals surface area contributed by atoms with Crippen LogP contribution in [-0.2, 0) is 14.8 Å². The first-order chi connectivity index (χ1) is 10.6. The summed E-state index contributed by atoms with van der Waals surface area (Å²) in [7, 11) is -2.64. The monoisotopic (exact) mass is 345 g/mol. The maximum atomic E-state index is 12.4. The lowest BCUT2D eigenvalue weighted by Gasteiger charge is -2.18. The second-order valence-corrected chi connectivity index (χ2v) is 7.33. The molecular weight excluding hydrogens is 330 g/mol. The Morgan fingerprint density at radius 1 is 1.26 bits per heavy atom. The van der Waals surface area contributed by atoms with Crippen molar-refractivity contribution in [3.8, 4) is 5.75 Å². The third kappa shape index (κ3) is 3.08. The summed E-state index contributed by atoms with van der Waals surface area (Å²) in [6.07, 6.45) is 0.697. The summed E-state index contributed by atoms with van der Waals surface area (Å²) >= 11 is 0. The zero-order valence-corrected chi connectivity index (χ0v) is 12.9. The van der Waals surface area contributed by atoms with Crippen LogP contribution in [0.5, 0.6) is 5.75 Å². The third-order valence-corrected chi connectivity index (χ3v) is 5.77. The minimum Gasteiger partial charge on any atom is -0.505 e. The van der Waals surface area contributed by atoms with Crippen LogP contribution in [0.3, 0.4) is 0 Å². The quantitative estimate of drug-likeness (QED) is 0.528. The van der Waals surface area contributed by atoms with Crippen LogP contribution in [0.1, 0.15) is 33.6 Å². The van der Waals surface area contributed by atoms with Gasteiger partial charge in [-0.25, -0.2) is 18.0 Å². The molecule has 0 saturated heterocycles. The number of carboxylic acid groups (broad SMARTS) is 2. The molecule has 1 fully saturated rings. The van der Waals surface area contributed by atoms with E-state index in [-0.39, 0.29) is 6.61 Å². The predicted molar refractivity (Wildman–Crippen MR) is 78.4 cm³/mol. The maximum Gasteiger partial charge on any atom is 0.339 e. The van der Waals surface area contributed by atoms with E-state index in [0.29, 0.717) is 12.8 Å². The number of sulfonamides is 1. The molecule has 10 heteroatoms. The first kappa shape index (κ1) is 17.0. The van der Waals surface area contributed by atoms with Crippen molar-refractivity contribution in [2.75, 3.05) is 18.4 Å². The first-order valence-electron chi connectivity index (χ1n) is 6.48. The van der Waals surface area contributed by atoms with Gasteiger partial charge in [0, 0.05) is 7.11 Å². The Morgan fingerprint density at radius 3 is 2.30 bits per heavy atom. The average molecular weight is 345 g/mol. The highest BCUT2D eigenvalue weighted by atomic mass is 32.2. The van der Waals surface area contributed by atoms with Gasteiger partial charge in [-0.2, -0.15) is 0 Å². The lowest BCUT2D eigenvalue weighted by atomic mass is 10.1. The fourth-order valence-corrected chi connectivity index (χ4v) is 3.72. The number of carboxylic acids is 2. The molecule has 23 heavy (non-hydrogen) atoms. The Kier molecular flexibility index (Phi) is 4.22. The normalized spacial score (nSPS) is 15.9. The van der Waals surface area contributed by atoms with E-state index in [1.807, 2.05) is 0 Å². The highest BCUT2D eigenvalue weighted by Crippen LogP contribution is 2.45. The number of methoxy groups -OCH3 is 1. The van der Waals surface area contributed by atoms with Crippen LogP contribution < -0.4 is 4.72 Å². The highest BCUT2D eigenvalue weighted by molar-refractivity contribution is 7.94. The van der Waals surface area contributed by atoms with Crippen LogP contribution in [0, 0.1) is 0 Å². The number of ether oxygens (including phenoxy) is 1. The molecule has 0 bridgehead atoms. The lowest BCUT2D eigenvalue weighted by molar-refractivity contribution is 0.0693. The van der Waals surface area contributed by atoms with Gasteiger partial charge in [-0.1, -0.05) is 0 Å². The van der Waals surface area contributed by atoms with Gasteiger partial charge in [-0.05, 0) is 25.0 Å². The van der Waals surface area contributed by atoms with Crippen molar-refractivity contribution in [1.82, 2.24) is 0 Å². The van der Waals surface area contributed by atoms with Crippen LogP contribution in [-0.4, -0.2) is 54.1 Å². The Labute approximate surface area is 131 Å². The number of hydrogen-bond donors (Lipinski definition) is 4. The maximum absolute atomic E-state index is 12.4. The molecule has 1 aromatic rings. The Hall–Kier alpha value is -2.33. The molecule has 0 atom stereocenters. The number of aromatic carboxylic acids is 2. The Balaban J connectivity index is 2.47. The number of aromatic hydroxyl groups is 1. The van der Waals surface area contributed by atoms with Crippen LogP contribution >= 0.6 is 0 Å². The van der Waals surface area contributed by atoms with Gasteiger partial charge in [0.2, 0.25) is 10.0 Å². The Morgan fingerprint density at radius 2 is 1.87 bits per heavy atom. The minimum atomic E-state index is -3.99. The van der Waals surface area contributed by atoms with Crippen LogP contribution in [0.4, 0.5) is 5.69 Å². The van der Waals surface area contributed by atoms with Gasteiger partial charge >= 0.3 is 11.9 Å².